The minimum absolute atomic E-state index is 0.146. The zero-order valence-electron chi connectivity index (χ0n) is 14.7. The Morgan fingerprint density at radius 1 is 1.07 bits per heavy atom. The Kier molecular flexibility index (Phi) is 5.37. The van der Waals surface area contributed by atoms with Crippen LogP contribution in [0.15, 0.2) is 48.5 Å². The van der Waals surface area contributed by atoms with Gasteiger partial charge in [0.05, 0.1) is 19.8 Å². The molecule has 0 aliphatic rings. The van der Waals surface area contributed by atoms with Crippen molar-refractivity contribution in [3.8, 4) is 5.75 Å². The third-order valence-electron chi connectivity index (χ3n) is 3.75. The van der Waals surface area contributed by atoms with Gasteiger partial charge in [-0.15, -0.1) is 0 Å². The number of methoxy groups -OCH3 is 2. The predicted molar refractivity (Wildman–Crippen MR) is 104 cm³/mol. The standard InChI is InChI=1S/C19H17N3O4S/c1-25-14-8-6-11(7-9-14)15(23)16-17(20)22-19(27-16)21-13-5-3-4-12(10-13)18(24)26-2/h3-10H,20H2,1-2H3,(H,21,22). The van der Waals surface area contributed by atoms with Gasteiger partial charge in [-0.25, -0.2) is 9.78 Å². The highest BCUT2D eigenvalue weighted by molar-refractivity contribution is 7.18. The number of ketones is 1. The van der Waals surface area contributed by atoms with Crippen LogP contribution in [0.3, 0.4) is 0 Å². The minimum atomic E-state index is -0.437. The fourth-order valence-corrected chi connectivity index (χ4v) is 3.25. The number of ether oxygens (including phenoxy) is 2. The molecule has 0 saturated heterocycles. The van der Waals surface area contributed by atoms with Crippen molar-refractivity contribution in [1.29, 1.82) is 0 Å². The summed E-state index contributed by atoms with van der Waals surface area (Å²) < 4.78 is 9.80. The van der Waals surface area contributed by atoms with Gasteiger partial charge >= 0.3 is 5.97 Å². The molecule has 0 spiro atoms. The van der Waals surface area contributed by atoms with Gasteiger partial charge in [-0.05, 0) is 42.5 Å². The lowest BCUT2D eigenvalue weighted by Gasteiger charge is -2.04. The summed E-state index contributed by atoms with van der Waals surface area (Å²) in [5, 5.41) is 3.51. The molecule has 1 aromatic heterocycles. The summed E-state index contributed by atoms with van der Waals surface area (Å²) in [6, 6.07) is 13.5. The topological polar surface area (TPSA) is 104 Å². The Hall–Kier alpha value is -3.39. The van der Waals surface area contributed by atoms with Crippen LogP contribution in [0.25, 0.3) is 0 Å². The molecule has 0 bridgehead atoms. The summed E-state index contributed by atoms with van der Waals surface area (Å²) in [5.74, 6) is 0.154. The molecule has 0 fully saturated rings. The zero-order chi connectivity index (χ0) is 19.4. The summed E-state index contributed by atoms with van der Waals surface area (Å²) in [4.78, 5) is 28.9. The first-order chi connectivity index (χ1) is 13.0. The van der Waals surface area contributed by atoms with E-state index in [2.05, 4.69) is 10.3 Å². The molecule has 8 heteroatoms. The average Bonchev–Trinajstić information content (AvgIpc) is 3.07. The lowest BCUT2D eigenvalue weighted by atomic mass is 10.1. The zero-order valence-corrected chi connectivity index (χ0v) is 15.5. The molecule has 0 saturated carbocycles. The molecule has 0 aliphatic heterocycles. The van der Waals surface area contributed by atoms with Gasteiger partial charge in [0.15, 0.2) is 5.13 Å². The Balaban J connectivity index is 1.82. The highest BCUT2D eigenvalue weighted by atomic mass is 32.1. The maximum absolute atomic E-state index is 12.7. The molecule has 7 nitrogen and oxygen atoms in total. The quantitative estimate of drug-likeness (QED) is 0.496. The number of nitrogens with one attached hydrogen (secondary N) is 1. The molecule has 0 radical (unpaired) electrons. The number of nitrogens with zero attached hydrogens (tertiary/aromatic N) is 1. The van der Waals surface area contributed by atoms with Gasteiger partial charge in [0.25, 0.3) is 0 Å². The van der Waals surface area contributed by atoms with Crippen LogP contribution in [-0.2, 0) is 4.74 Å². The van der Waals surface area contributed by atoms with Crippen LogP contribution < -0.4 is 15.8 Å². The van der Waals surface area contributed by atoms with E-state index in [1.54, 1.807) is 55.6 Å². The van der Waals surface area contributed by atoms with Gasteiger partial charge in [0, 0.05) is 11.3 Å². The van der Waals surface area contributed by atoms with E-state index in [0.717, 1.165) is 11.3 Å². The van der Waals surface area contributed by atoms with Crippen molar-refractivity contribution in [2.75, 3.05) is 25.3 Å². The first-order valence-corrected chi connectivity index (χ1v) is 8.74. The number of aromatic nitrogens is 1. The Labute approximate surface area is 159 Å². The van der Waals surface area contributed by atoms with Gasteiger partial charge < -0.3 is 20.5 Å². The number of hydrogen-bond donors (Lipinski definition) is 2. The van der Waals surface area contributed by atoms with Gasteiger partial charge in [-0.1, -0.05) is 17.4 Å². The van der Waals surface area contributed by atoms with Crippen molar-refractivity contribution in [2.24, 2.45) is 0 Å². The lowest BCUT2D eigenvalue weighted by molar-refractivity contribution is 0.0600. The monoisotopic (exact) mass is 383 g/mol. The normalized spacial score (nSPS) is 10.3. The van der Waals surface area contributed by atoms with Crippen molar-refractivity contribution in [3.05, 3.63) is 64.5 Å². The maximum atomic E-state index is 12.7. The van der Waals surface area contributed by atoms with Crippen LogP contribution in [0.1, 0.15) is 25.6 Å². The molecular formula is C19H17N3O4S. The number of nitrogens with two attached hydrogens (primary N) is 1. The lowest BCUT2D eigenvalue weighted by Crippen LogP contribution is -2.02. The number of thiazole rings is 1. The minimum Gasteiger partial charge on any atom is -0.497 e. The molecule has 27 heavy (non-hydrogen) atoms. The van der Waals surface area contributed by atoms with Gasteiger partial charge in [-0.3, -0.25) is 4.79 Å². The second-order valence-electron chi connectivity index (χ2n) is 5.49. The summed E-state index contributed by atoms with van der Waals surface area (Å²) in [6.07, 6.45) is 0. The molecule has 1 heterocycles. The highest BCUT2D eigenvalue weighted by Gasteiger charge is 2.18. The Bertz CT molecular complexity index is 983. The molecule has 3 rings (SSSR count). The maximum Gasteiger partial charge on any atom is 0.337 e. The molecular weight excluding hydrogens is 366 g/mol. The third kappa shape index (κ3) is 4.06. The van der Waals surface area contributed by atoms with Crippen LogP contribution in [0.4, 0.5) is 16.6 Å². The van der Waals surface area contributed by atoms with Crippen LogP contribution in [-0.4, -0.2) is 31.0 Å². The summed E-state index contributed by atoms with van der Waals surface area (Å²) >= 11 is 1.14. The van der Waals surface area contributed by atoms with E-state index in [0.29, 0.717) is 32.6 Å². The van der Waals surface area contributed by atoms with Crippen molar-refractivity contribution in [3.63, 3.8) is 0 Å². The number of hydrogen-bond acceptors (Lipinski definition) is 8. The number of nitrogen functional groups attached to an aromatic ring is 1. The molecule has 2 aromatic carbocycles. The fraction of sp³-hybridized carbons (Fsp3) is 0.105. The number of carbonyl (C=O) groups is 2. The van der Waals surface area contributed by atoms with Gasteiger partial charge in [0.1, 0.15) is 16.4 Å². The van der Waals surface area contributed by atoms with Crippen LogP contribution in [0.5, 0.6) is 5.75 Å². The summed E-state index contributed by atoms with van der Waals surface area (Å²) in [7, 11) is 2.88. The first kappa shape index (κ1) is 18.4. The van der Waals surface area contributed by atoms with E-state index in [4.69, 9.17) is 15.2 Å². The number of benzene rings is 2. The van der Waals surface area contributed by atoms with Crippen LogP contribution >= 0.6 is 11.3 Å². The van der Waals surface area contributed by atoms with E-state index in [1.165, 1.54) is 7.11 Å². The molecule has 0 atom stereocenters. The highest BCUT2D eigenvalue weighted by Crippen LogP contribution is 2.30. The van der Waals surface area contributed by atoms with Gasteiger partial charge in [-0.2, -0.15) is 0 Å². The molecule has 0 aliphatic carbocycles. The number of rotatable bonds is 6. The molecule has 0 unspecified atom stereocenters. The largest absolute Gasteiger partial charge is 0.497 e. The van der Waals surface area contributed by atoms with Crippen LogP contribution in [0.2, 0.25) is 0 Å². The third-order valence-corrected chi connectivity index (χ3v) is 4.73. The second-order valence-corrected chi connectivity index (χ2v) is 6.49. The predicted octanol–water partition coefficient (Wildman–Crippen LogP) is 3.50. The van der Waals surface area contributed by atoms with E-state index in [1.807, 2.05) is 0 Å². The van der Waals surface area contributed by atoms with Crippen molar-refractivity contribution in [1.82, 2.24) is 4.98 Å². The number of esters is 1. The average molecular weight is 383 g/mol. The molecule has 0 amide bonds. The van der Waals surface area contributed by atoms with E-state index >= 15 is 0 Å². The van der Waals surface area contributed by atoms with Crippen molar-refractivity contribution >= 4 is 39.7 Å². The summed E-state index contributed by atoms with van der Waals surface area (Å²) in [5.41, 5.74) is 7.46. The van der Waals surface area contributed by atoms with Gasteiger partial charge in [0.2, 0.25) is 5.78 Å². The smallest absolute Gasteiger partial charge is 0.337 e. The summed E-state index contributed by atoms with van der Waals surface area (Å²) in [6.45, 7) is 0. The first-order valence-electron chi connectivity index (χ1n) is 7.92. The molecule has 3 N–H and O–H groups in total. The Morgan fingerprint density at radius 3 is 2.48 bits per heavy atom. The van der Waals surface area contributed by atoms with E-state index < -0.39 is 5.97 Å². The fourth-order valence-electron chi connectivity index (χ4n) is 2.39. The van der Waals surface area contributed by atoms with Crippen molar-refractivity contribution in [2.45, 2.75) is 0 Å². The Morgan fingerprint density at radius 2 is 1.81 bits per heavy atom. The molecule has 3 aromatic rings. The van der Waals surface area contributed by atoms with Crippen molar-refractivity contribution < 1.29 is 19.1 Å². The van der Waals surface area contributed by atoms with E-state index in [9.17, 15) is 9.59 Å². The second kappa shape index (κ2) is 7.88. The molecule has 138 valence electrons. The van der Waals surface area contributed by atoms with Crippen LogP contribution in [0, 0.1) is 0 Å². The SMILES string of the molecule is COC(=O)c1cccc(Nc2nc(N)c(C(=O)c3ccc(OC)cc3)s2)c1. The van der Waals surface area contributed by atoms with E-state index in [-0.39, 0.29) is 11.6 Å². The number of anilines is 3. The number of carbonyl (C=O) groups excluding carboxylic acids is 2.